The van der Waals surface area contributed by atoms with Crippen LogP contribution in [0.25, 0.3) is 0 Å². The average molecular weight is 397 g/mol. The van der Waals surface area contributed by atoms with Crippen LogP contribution in [0.4, 0.5) is 5.69 Å². The number of para-hydroxylation sites is 1. The van der Waals surface area contributed by atoms with Gasteiger partial charge in [0.05, 0.1) is 22.9 Å². The predicted molar refractivity (Wildman–Crippen MR) is 104 cm³/mol. The van der Waals surface area contributed by atoms with Crippen LogP contribution in [0.5, 0.6) is 5.75 Å². The van der Waals surface area contributed by atoms with Gasteiger partial charge in [-0.05, 0) is 43.7 Å². The third kappa shape index (κ3) is 5.93. The van der Waals surface area contributed by atoms with Gasteiger partial charge in [0.1, 0.15) is 12.4 Å². The Morgan fingerprint density at radius 2 is 1.92 bits per heavy atom. The molecular weight excluding hydrogens is 376 g/mol. The summed E-state index contributed by atoms with van der Waals surface area (Å²) in [5, 5.41) is 3.02. The van der Waals surface area contributed by atoms with Crippen LogP contribution in [0.2, 0.25) is 5.02 Å². The van der Waals surface area contributed by atoms with Crippen molar-refractivity contribution in [1.82, 2.24) is 5.32 Å². The molecule has 0 unspecified atom stereocenters. The molecule has 2 aromatic carbocycles. The molecule has 140 valence electrons. The maximum Gasteiger partial charge on any atom is 0.253 e. The summed E-state index contributed by atoms with van der Waals surface area (Å²) in [6.45, 7) is 4.04. The number of hydrogen-bond acceptors (Lipinski definition) is 4. The molecule has 0 aliphatic carbocycles. The van der Waals surface area contributed by atoms with Gasteiger partial charge in [-0.15, -0.1) is 0 Å². The van der Waals surface area contributed by atoms with Gasteiger partial charge in [-0.3, -0.25) is 9.52 Å². The molecule has 0 heterocycles. The third-order valence-electron chi connectivity index (χ3n) is 3.47. The van der Waals surface area contributed by atoms with Crippen LogP contribution < -0.4 is 14.8 Å². The molecule has 0 bridgehead atoms. The zero-order valence-corrected chi connectivity index (χ0v) is 16.3. The molecule has 0 spiro atoms. The van der Waals surface area contributed by atoms with Crippen molar-refractivity contribution >= 4 is 33.2 Å². The summed E-state index contributed by atoms with van der Waals surface area (Å²) in [6, 6.07) is 11.7. The summed E-state index contributed by atoms with van der Waals surface area (Å²) >= 11 is 6.07. The zero-order chi connectivity index (χ0) is 19.3. The zero-order valence-electron chi connectivity index (χ0n) is 14.7. The van der Waals surface area contributed by atoms with E-state index in [2.05, 4.69) is 10.0 Å². The molecule has 0 aliphatic rings. The lowest BCUT2D eigenvalue weighted by molar-refractivity contribution is 0.0927. The minimum absolute atomic E-state index is 0.183. The molecule has 2 aromatic rings. The van der Waals surface area contributed by atoms with Gasteiger partial charge in [-0.25, -0.2) is 8.42 Å². The van der Waals surface area contributed by atoms with Gasteiger partial charge < -0.3 is 10.1 Å². The van der Waals surface area contributed by atoms with E-state index < -0.39 is 15.9 Å². The smallest absolute Gasteiger partial charge is 0.253 e. The number of halogens is 1. The molecule has 0 fully saturated rings. The lowest BCUT2D eigenvalue weighted by Crippen LogP contribution is -2.37. The third-order valence-corrected chi connectivity index (χ3v) is 4.41. The van der Waals surface area contributed by atoms with E-state index in [1.165, 1.54) is 18.2 Å². The lowest BCUT2D eigenvalue weighted by atomic mass is 10.1. The number of carbonyl (C=O) groups is 1. The summed E-state index contributed by atoms with van der Waals surface area (Å²) in [5.41, 5.74) is 1.46. The van der Waals surface area contributed by atoms with Crippen molar-refractivity contribution in [3.05, 3.63) is 58.6 Å². The van der Waals surface area contributed by atoms with Gasteiger partial charge in [0.15, 0.2) is 0 Å². The molecule has 1 atom stereocenters. The molecule has 26 heavy (non-hydrogen) atoms. The SMILES string of the molecule is Cc1ccccc1OC[C@H](C)NC(=O)c1cc(NS(C)(=O)=O)ccc1Cl. The summed E-state index contributed by atoms with van der Waals surface area (Å²) < 4.78 is 30.7. The van der Waals surface area contributed by atoms with Gasteiger partial charge in [-0.2, -0.15) is 0 Å². The number of benzene rings is 2. The van der Waals surface area contributed by atoms with E-state index in [1.807, 2.05) is 38.1 Å². The molecule has 0 radical (unpaired) electrons. The van der Waals surface area contributed by atoms with E-state index in [-0.39, 0.29) is 28.9 Å². The van der Waals surface area contributed by atoms with E-state index in [0.29, 0.717) is 0 Å². The van der Waals surface area contributed by atoms with E-state index in [0.717, 1.165) is 17.6 Å². The number of anilines is 1. The minimum Gasteiger partial charge on any atom is -0.491 e. The van der Waals surface area contributed by atoms with Crippen molar-refractivity contribution in [2.75, 3.05) is 17.6 Å². The molecule has 6 nitrogen and oxygen atoms in total. The minimum atomic E-state index is -3.44. The molecule has 0 aromatic heterocycles. The van der Waals surface area contributed by atoms with Gasteiger partial charge >= 0.3 is 0 Å². The quantitative estimate of drug-likeness (QED) is 0.752. The van der Waals surface area contributed by atoms with Crippen molar-refractivity contribution in [2.45, 2.75) is 19.9 Å². The average Bonchev–Trinajstić information content (AvgIpc) is 2.54. The first-order chi connectivity index (χ1) is 12.2. The van der Waals surface area contributed by atoms with E-state index in [1.54, 1.807) is 0 Å². The largest absolute Gasteiger partial charge is 0.491 e. The second-order valence-electron chi connectivity index (χ2n) is 6.02. The number of nitrogens with one attached hydrogen (secondary N) is 2. The number of hydrogen-bond donors (Lipinski definition) is 2. The Bertz CT molecular complexity index is 900. The summed E-state index contributed by atoms with van der Waals surface area (Å²) in [4.78, 5) is 12.4. The molecule has 8 heteroatoms. The molecule has 0 saturated heterocycles. The standard InChI is InChI=1S/C18H21ClN2O4S/c1-12-6-4-5-7-17(12)25-11-13(2)20-18(22)15-10-14(8-9-16(15)19)21-26(3,23)24/h4-10,13,21H,11H2,1-3H3,(H,20,22)/t13-/m0/s1. The van der Waals surface area contributed by atoms with Gasteiger partial charge in [0, 0.05) is 5.69 Å². The highest BCUT2D eigenvalue weighted by molar-refractivity contribution is 7.92. The first-order valence-electron chi connectivity index (χ1n) is 7.92. The highest BCUT2D eigenvalue weighted by atomic mass is 35.5. The van der Waals surface area contributed by atoms with Crippen LogP contribution in [0, 0.1) is 6.92 Å². The number of amides is 1. The Hall–Kier alpha value is -2.25. The molecule has 0 aliphatic heterocycles. The normalized spacial score (nSPS) is 12.3. The first-order valence-corrected chi connectivity index (χ1v) is 10.2. The molecule has 1 amide bonds. The number of ether oxygens (including phenoxy) is 1. The van der Waals surface area contributed by atoms with Gasteiger partial charge in [-0.1, -0.05) is 29.8 Å². The fraction of sp³-hybridized carbons (Fsp3) is 0.278. The van der Waals surface area contributed by atoms with Gasteiger partial charge in [0.2, 0.25) is 10.0 Å². The molecule has 2 N–H and O–H groups in total. The number of carbonyl (C=O) groups excluding carboxylic acids is 1. The molecule has 2 rings (SSSR count). The summed E-state index contributed by atoms with van der Waals surface area (Å²) in [6.07, 6.45) is 1.03. The van der Waals surface area contributed by atoms with Crippen molar-refractivity contribution in [3.63, 3.8) is 0 Å². The fourth-order valence-electron chi connectivity index (χ4n) is 2.25. The Labute approximate surface area is 158 Å². The highest BCUT2D eigenvalue weighted by Gasteiger charge is 2.15. The van der Waals surface area contributed by atoms with E-state index >= 15 is 0 Å². The number of aryl methyl sites for hydroxylation is 1. The predicted octanol–water partition coefficient (Wildman–Crippen LogP) is 3.22. The summed E-state index contributed by atoms with van der Waals surface area (Å²) in [7, 11) is -3.44. The molecule has 0 saturated carbocycles. The first kappa shape index (κ1) is 20.1. The Morgan fingerprint density at radius 1 is 1.23 bits per heavy atom. The van der Waals surface area contributed by atoms with Gasteiger partial charge in [0.25, 0.3) is 5.91 Å². The van der Waals surface area contributed by atoms with Crippen LogP contribution in [-0.2, 0) is 10.0 Å². The number of rotatable bonds is 7. The maximum atomic E-state index is 12.4. The molecular formula is C18H21ClN2O4S. The van der Waals surface area contributed by atoms with Crippen molar-refractivity contribution in [3.8, 4) is 5.75 Å². The number of sulfonamides is 1. The fourth-order valence-corrected chi connectivity index (χ4v) is 3.01. The monoisotopic (exact) mass is 396 g/mol. The van der Waals surface area contributed by atoms with Crippen LogP contribution in [0.1, 0.15) is 22.8 Å². The maximum absolute atomic E-state index is 12.4. The van der Waals surface area contributed by atoms with Crippen LogP contribution in [-0.4, -0.2) is 33.2 Å². The second-order valence-corrected chi connectivity index (χ2v) is 8.18. The Balaban J connectivity index is 2.02. The Kier molecular flexibility index (Phi) is 6.50. The van der Waals surface area contributed by atoms with E-state index in [4.69, 9.17) is 16.3 Å². The van der Waals surface area contributed by atoms with E-state index in [9.17, 15) is 13.2 Å². The highest BCUT2D eigenvalue weighted by Crippen LogP contribution is 2.21. The van der Waals surface area contributed by atoms with Crippen molar-refractivity contribution < 1.29 is 17.9 Å². The van der Waals surface area contributed by atoms with Crippen LogP contribution in [0.15, 0.2) is 42.5 Å². The summed E-state index contributed by atoms with van der Waals surface area (Å²) in [5.74, 6) is 0.346. The Morgan fingerprint density at radius 3 is 2.58 bits per heavy atom. The van der Waals surface area contributed by atoms with Crippen LogP contribution in [0.3, 0.4) is 0 Å². The van der Waals surface area contributed by atoms with Crippen molar-refractivity contribution in [1.29, 1.82) is 0 Å². The van der Waals surface area contributed by atoms with Crippen molar-refractivity contribution in [2.24, 2.45) is 0 Å². The topological polar surface area (TPSA) is 84.5 Å². The second kappa shape index (κ2) is 8.42. The van der Waals surface area contributed by atoms with Crippen LogP contribution >= 0.6 is 11.6 Å². The lowest BCUT2D eigenvalue weighted by Gasteiger charge is -2.17.